The van der Waals surface area contributed by atoms with Crippen molar-refractivity contribution in [3.8, 4) is 0 Å². The summed E-state index contributed by atoms with van der Waals surface area (Å²) in [5.74, 6) is 0. The van der Waals surface area contributed by atoms with Gasteiger partial charge in [0.05, 0.1) is 6.61 Å². The molecule has 13 heavy (non-hydrogen) atoms. The Morgan fingerprint density at radius 1 is 1.54 bits per heavy atom. The molecule has 1 N–H and O–H groups in total. The molecule has 0 radical (unpaired) electrons. The number of hydrogen-bond donors (Lipinski definition) is 1. The minimum atomic E-state index is -0.0329. The van der Waals surface area contributed by atoms with Gasteiger partial charge in [-0.2, -0.15) is 0 Å². The Labute approximate surface area is 83.1 Å². The third-order valence-corrected chi connectivity index (χ3v) is 3.17. The van der Waals surface area contributed by atoms with Crippen molar-refractivity contribution in [2.24, 2.45) is 0 Å². The topological polar surface area (TPSA) is 58.9 Å². The number of thiazole rings is 1. The Bertz CT molecular complexity index is 429. The average Bonchev–Trinajstić information content (AvgIpc) is 2.59. The fourth-order valence-corrected chi connectivity index (χ4v) is 2.31. The zero-order valence-electron chi connectivity index (χ0n) is 6.89. The molecule has 2 aromatic rings. The minimum absolute atomic E-state index is 0.0329. The second-order valence-electron chi connectivity index (χ2n) is 2.30. The van der Waals surface area contributed by atoms with E-state index in [0.717, 1.165) is 15.4 Å². The van der Waals surface area contributed by atoms with E-state index < -0.39 is 0 Å². The second-order valence-corrected chi connectivity index (χ2v) is 4.16. The summed E-state index contributed by atoms with van der Waals surface area (Å²) in [5, 5.41) is 10.4. The molecule has 0 atom stereocenters. The van der Waals surface area contributed by atoms with Gasteiger partial charge in [-0.1, -0.05) is 11.3 Å². The lowest BCUT2D eigenvalue weighted by Crippen LogP contribution is -1.84. The first-order valence-electron chi connectivity index (χ1n) is 3.60. The Kier molecular flexibility index (Phi) is 2.43. The Hall–Kier alpha value is -0.720. The molecule has 0 fully saturated rings. The van der Waals surface area contributed by atoms with Gasteiger partial charge in [-0.3, -0.25) is 0 Å². The van der Waals surface area contributed by atoms with E-state index in [9.17, 15) is 0 Å². The number of rotatable bonds is 2. The summed E-state index contributed by atoms with van der Waals surface area (Å²) in [6, 6.07) is 0. The number of fused-ring (bicyclic) bond motifs is 1. The molecule has 2 rings (SSSR count). The SMILES string of the molecule is CSc1ncnc2sc(CO)nc12. The van der Waals surface area contributed by atoms with Crippen molar-refractivity contribution in [3.63, 3.8) is 0 Å². The van der Waals surface area contributed by atoms with Crippen LogP contribution in [0.5, 0.6) is 0 Å². The van der Waals surface area contributed by atoms with Crippen molar-refractivity contribution in [2.75, 3.05) is 6.26 Å². The summed E-state index contributed by atoms with van der Waals surface area (Å²) >= 11 is 2.93. The molecular weight excluding hydrogens is 206 g/mol. The number of nitrogens with zero attached hydrogens (tertiary/aromatic N) is 3. The van der Waals surface area contributed by atoms with Crippen molar-refractivity contribution in [3.05, 3.63) is 11.3 Å². The van der Waals surface area contributed by atoms with E-state index in [1.807, 2.05) is 6.26 Å². The van der Waals surface area contributed by atoms with Gasteiger partial charge >= 0.3 is 0 Å². The van der Waals surface area contributed by atoms with Crippen LogP contribution in [0.4, 0.5) is 0 Å². The minimum Gasteiger partial charge on any atom is -0.389 e. The number of aromatic nitrogens is 3. The smallest absolute Gasteiger partial charge is 0.148 e. The van der Waals surface area contributed by atoms with Crippen LogP contribution in [0.2, 0.25) is 0 Å². The van der Waals surface area contributed by atoms with Gasteiger partial charge < -0.3 is 5.11 Å². The molecule has 0 spiro atoms. The lowest BCUT2D eigenvalue weighted by atomic mass is 10.6. The van der Waals surface area contributed by atoms with Gasteiger partial charge in [-0.05, 0) is 6.26 Å². The Morgan fingerprint density at radius 2 is 2.38 bits per heavy atom. The van der Waals surface area contributed by atoms with Crippen LogP contribution >= 0.6 is 23.1 Å². The molecule has 0 bridgehead atoms. The molecule has 2 heterocycles. The number of aliphatic hydroxyl groups excluding tert-OH is 1. The van der Waals surface area contributed by atoms with Crippen LogP contribution < -0.4 is 0 Å². The number of hydrogen-bond acceptors (Lipinski definition) is 6. The molecule has 0 amide bonds. The standard InChI is InChI=1S/C7H7N3OS2/c1-12-6-5-7(9-3-8-6)13-4(2-11)10-5/h3,11H,2H2,1H3. The van der Waals surface area contributed by atoms with E-state index in [1.54, 1.807) is 0 Å². The maximum Gasteiger partial charge on any atom is 0.148 e. The van der Waals surface area contributed by atoms with E-state index in [0.29, 0.717) is 5.01 Å². The highest BCUT2D eigenvalue weighted by atomic mass is 32.2. The fourth-order valence-electron chi connectivity index (χ4n) is 0.994. The summed E-state index contributed by atoms with van der Waals surface area (Å²) < 4.78 is 0. The van der Waals surface area contributed by atoms with Crippen molar-refractivity contribution < 1.29 is 5.11 Å². The lowest BCUT2D eigenvalue weighted by molar-refractivity contribution is 0.281. The molecule has 0 unspecified atom stereocenters. The first-order chi connectivity index (χ1) is 6.35. The van der Waals surface area contributed by atoms with Crippen LogP contribution in [0.25, 0.3) is 10.3 Å². The summed E-state index contributed by atoms with van der Waals surface area (Å²) in [5.41, 5.74) is 0.795. The predicted octanol–water partition coefficient (Wildman–Crippen LogP) is 1.30. The molecule has 68 valence electrons. The molecule has 0 aliphatic heterocycles. The van der Waals surface area contributed by atoms with Crippen LogP contribution in [-0.2, 0) is 6.61 Å². The van der Waals surface area contributed by atoms with Gasteiger partial charge in [0.25, 0.3) is 0 Å². The molecule has 0 aromatic carbocycles. The monoisotopic (exact) mass is 213 g/mol. The molecule has 0 saturated heterocycles. The van der Waals surface area contributed by atoms with Gasteiger partial charge in [-0.15, -0.1) is 11.8 Å². The van der Waals surface area contributed by atoms with Crippen LogP contribution in [0.1, 0.15) is 5.01 Å². The summed E-state index contributed by atoms with van der Waals surface area (Å²) in [7, 11) is 0. The third-order valence-electron chi connectivity index (χ3n) is 1.53. The van der Waals surface area contributed by atoms with E-state index in [1.165, 1.54) is 29.4 Å². The molecule has 4 nitrogen and oxygen atoms in total. The van der Waals surface area contributed by atoms with Crippen molar-refractivity contribution in [1.29, 1.82) is 0 Å². The van der Waals surface area contributed by atoms with Gasteiger partial charge in [0.1, 0.15) is 26.7 Å². The van der Waals surface area contributed by atoms with Crippen LogP contribution in [-0.4, -0.2) is 26.3 Å². The summed E-state index contributed by atoms with van der Waals surface area (Å²) in [6.07, 6.45) is 3.47. The first-order valence-corrected chi connectivity index (χ1v) is 5.64. The molecule has 0 saturated carbocycles. The summed E-state index contributed by atoms with van der Waals surface area (Å²) in [4.78, 5) is 13.2. The highest BCUT2D eigenvalue weighted by Gasteiger charge is 2.08. The quantitative estimate of drug-likeness (QED) is 0.602. The lowest BCUT2D eigenvalue weighted by Gasteiger charge is -1.92. The van der Waals surface area contributed by atoms with E-state index in [2.05, 4.69) is 15.0 Å². The molecule has 0 aliphatic rings. The fraction of sp³-hybridized carbons (Fsp3) is 0.286. The zero-order valence-corrected chi connectivity index (χ0v) is 8.52. The second kappa shape index (κ2) is 3.57. The van der Waals surface area contributed by atoms with Crippen molar-refractivity contribution in [2.45, 2.75) is 11.6 Å². The maximum absolute atomic E-state index is 8.90. The summed E-state index contributed by atoms with van der Waals surface area (Å²) in [6.45, 7) is -0.0329. The molecular formula is C7H7N3OS2. The first kappa shape index (κ1) is 8.86. The van der Waals surface area contributed by atoms with E-state index in [-0.39, 0.29) is 6.61 Å². The zero-order chi connectivity index (χ0) is 9.26. The molecule has 0 aliphatic carbocycles. The van der Waals surface area contributed by atoms with Gasteiger partial charge in [0.2, 0.25) is 0 Å². The van der Waals surface area contributed by atoms with E-state index in [4.69, 9.17) is 5.11 Å². The number of aliphatic hydroxyl groups is 1. The van der Waals surface area contributed by atoms with Crippen molar-refractivity contribution in [1.82, 2.24) is 15.0 Å². The van der Waals surface area contributed by atoms with E-state index >= 15 is 0 Å². The van der Waals surface area contributed by atoms with Gasteiger partial charge in [-0.25, -0.2) is 15.0 Å². The third kappa shape index (κ3) is 1.52. The molecule has 6 heteroatoms. The maximum atomic E-state index is 8.90. The Balaban J connectivity index is 2.67. The average molecular weight is 213 g/mol. The number of thioether (sulfide) groups is 1. The van der Waals surface area contributed by atoms with Crippen LogP contribution in [0.15, 0.2) is 11.4 Å². The highest BCUT2D eigenvalue weighted by molar-refractivity contribution is 7.98. The Morgan fingerprint density at radius 3 is 3.08 bits per heavy atom. The van der Waals surface area contributed by atoms with Crippen molar-refractivity contribution >= 4 is 33.4 Å². The largest absolute Gasteiger partial charge is 0.389 e. The predicted molar refractivity (Wildman–Crippen MR) is 52.9 cm³/mol. The normalized spacial score (nSPS) is 10.9. The van der Waals surface area contributed by atoms with Crippen LogP contribution in [0, 0.1) is 0 Å². The molecule has 2 aromatic heterocycles. The van der Waals surface area contributed by atoms with Crippen LogP contribution in [0.3, 0.4) is 0 Å². The van der Waals surface area contributed by atoms with Gasteiger partial charge in [0.15, 0.2) is 0 Å². The van der Waals surface area contributed by atoms with Gasteiger partial charge in [0, 0.05) is 0 Å². The highest BCUT2D eigenvalue weighted by Crippen LogP contribution is 2.26.